The van der Waals surface area contributed by atoms with Gasteiger partial charge >= 0.3 is 0 Å². The Morgan fingerprint density at radius 3 is 2.50 bits per heavy atom. The van der Waals surface area contributed by atoms with Gasteiger partial charge in [0.05, 0.1) is 8.66 Å². The molecule has 0 amide bonds. The summed E-state index contributed by atoms with van der Waals surface area (Å²) in [6.07, 6.45) is 0.486. The first-order valence-electron chi connectivity index (χ1n) is 5.82. The minimum atomic E-state index is 0.197. The molecule has 0 bridgehead atoms. The number of carbonyl (C=O) groups is 1. The molecular formula is C15H15BrOS. The summed E-state index contributed by atoms with van der Waals surface area (Å²) in [4.78, 5) is 13.1. The van der Waals surface area contributed by atoms with Crippen LogP contribution < -0.4 is 0 Å². The second-order valence-corrected chi connectivity index (χ2v) is 6.97. The van der Waals surface area contributed by atoms with Gasteiger partial charge in [-0.25, -0.2) is 0 Å². The Morgan fingerprint density at radius 1 is 1.17 bits per heavy atom. The predicted molar refractivity (Wildman–Crippen MR) is 80.7 cm³/mol. The number of ketones is 1. The normalized spacial score (nSPS) is 10.7. The third-order valence-electron chi connectivity index (χ3n) is 2.99. The highest BCUT2D eigenvalue weighted by Gasteiger charge is 2.13. The summed E-state index contributed by atoms with van der Waals surface area (Å²) in [6.45, 7) is 6.12. The molecule has 1 aromatic heterocycles. The summed E-state index contributed by atoms with van der Waals surface area (Å²) >= 11 is 4.98. The molecule has 0 aliphatic heterocycles. The lowest BCUT2D eigenvalue weighted by Gasteiger charge is -2.05. The largest absolute Gasteiger partial charge is 0.293 e. The van der Waals surface area contributed by atoms with Crippen molar-refractivity contribution in [2.24, 2.45) is 0 Å². The molecule has 0 saturated carbocycles. The first kappa shape index (κ1) is 13.5. The van der Waals surface area contributed by atoms with Crippen LogP contribution in [0.25, 0.3) is 0 Å². The lowest BCUT2D eigenvalue weighted by atomic mass is 10.0. The summed E-state index contributed by atoms with van der Waals surface area (Å²) in [5.41, 5.74) is 4.64. The molecule has 0 fully saturated rings. The second-order valence-electron chi connectivity index (χ2n) is 4.60. The van der Waals surface area contributed by atoms with E-state index in [4.69, 9.17) is 0 Å². The summed E-state index contributed by atoms with van der Waals surface area (Å²) in [6, 6.07) is 8.22. The predicted octanol–water partition coefficient (Wildman–Crippen LogP) is 4.86. The van der Waals surface area contributed by atoms with Crippen molar-refractivity contribution in [2.45, 2.75) is 27.2 Å². The molecule has 0 unspecified atom stereocenters. The van der Waals surface area contributed by atoms with E-state index in [1.807, 2.05) is 13.0 Å². The summed E-state index contributed by atoms with van der Waals surface area (Å²) in [5, 5.41) is 0. The van der Waals surface area contributed by atoms with Gasteiger partial charge in [-0.05, 0) is 59.5 Å². The van der Waals surface area contributed by atoms with Crippen LogP contribution in [0.1, 0.15) is 31.9 Å². The van der Waals surface area contributed by atoms with Crippen molar-refractivity contribution >= 4 is 33.0 Å². The topological polar surface area (TPSA) is 17.1 Å². The molecule has 1 aromatic carbocycles. The van der Waals surface area contributed by atoms with E-state index in [1.165, 1.54) is 22.5 Å². The molecule has 0 aliphatic carbocycles. The van der Waals surface area contributed by atoms with Gasteiger partial charge in [-0.2, -0.15) is 0 Å². The molecule has 3 heteroatoms. The number of Topliss-reactive ketones (excluding diaryl/α,β-unsaturated/α-hetero) is 1. The van der Waals surface area contributed by atoms with Gasteiger partial charge in [0, 0.05) is 6.42 Å². The summed E-state index contributed by atoms with van der Waals surface area (Å²) in [7, 11) is 0. The molecule has 0 N–H and O–H groups in total. The van der Waals surface area contributed by atoms with Crippen LogP contribution in [0.5, 0.6) is 0 Å². The molecule has 0 saturated heterocycles. The Kier molecular flexibility index (Phi) is 4.03. The number of benzene rings is 1. The Hall–Kier alpha value is -0.930. The highest BCUT2D eigenvalue weighted by atomic mass is 79.9. The number of carbonyl (C=O) groups excluding carboxylic acids is 1. The van der Waals surface area contributed by atoms with Crippen LogP contribution in [0.15, 0.2) is 28.1 Å². The Balaban J connectivity index is 2.23. The van der Waals surface area contributed by atoms with E-state index < -0.39 is 0 Å². The average molecular weight is 323 g/mol. The molecule has 94 valence electrons. The molecule has 1 nitrogen and oxygen atoms in total. The fourth-order valence-electron chi connectivity index (χ4n) is 1.85. The third-order valence-corrected chi connectivity index (χ3v) is 5.17. The van der Waals surface area contributed by atoms with Gasteiger partial charge in [0.2, 0.25) is 0 Å². The molecule has 2 rings (SSSR count). The van der Waals surface area contributed by atoms with Crippen molar-refractivity contribution in [3.63, 3.8) is 0 Å². The average Bonchev–Trinajstić information content (AvgIpc) is 2.64. The van der Waals surface area contributed by atoms with E-state index in [0.29, 0.717) is 6.42 Å². The SMILES string of the molecule is Cc1ccc(C)c(CC(=O)c2cc(C)c(Br)s2)c1. The fourth-order valence-corrected chi connectivity index (χ4v) is 3.32. The lowest BCUT2D eigenvalue weighted by molar-refractivity contribution is 0.0996. The van der Waals surface area contributed by atoms with Crippen LogP contribution in [0, 0.1) is 20.8 Å². The van der Waals surface area contributed by atoms with Crippen molar-refractivity contribution in [1.29, 1.82) is 0 Å². The van der Waals surface area contributed by atoms with E-state index in [9.17, 15) is 4.79 Å². The van der Waals surface area contributed by atoms with Gasteiger partial charge in [-0.15, -0.1) is 11.3 Å². The monoisotopic (exact) mass is 322 g/mol. The first-order chi connectivity index (χ1) is 8.47. The molecule has 1 heterocycles. The highest BCUT2D eigenvalue weighted by molar-refractivity contribution is 9.11. The van der Waals surface area contributed by atoms with Crippen molar-refractivity contribution in [1.82, 2.24) is 0 Å². The molecule has 0 aliphatic rings. The maximum Gasteiger partial charge on any atom is 0.177 e. The zero-order valence-electron chi connectivity index (χ0n) is 10.7. The van der Waals surface area contributed by atoms with Gasteiger partial charge in [-0.1, -0.05) is 23.8 Å². The van der Waals surface area contributed by atoms with Crippen LogP contribution in [-0.2, 0) is 6.42 Å². The number of thiophene rings is 1. The quantitative estimate of drug-likeness (QED) is 0.737. The number of halogens is 1. The van der Waals surface area contributed by atoms with Crippen molar-refractivity contribution in [3.05, 3.63) is 55.2 Å². The standard InChI is InChI=1S/C15H15BrOS/c1-9-4-5-10(2)12(6-9)8-13(17)14-7-11(3)15(16)18-14/h4-7H,8H2,1-3H3. The number of hydrogen-bond acceptors (Lipinski definition) is 2. The van der Waals surface area contributed by atoms with Gasteiger partial charge in [0.1, 0.15) is 0 Å². The van der Waals surface area contributed by atoms with Gasteiger partial charge in [0.25, 0.3) is 0 Å². The Morgan fingerprint density at radius 2 is 1.89 bits per heavy atom. The van der Waals surface area contributed by atoms with Crippen molar-refractivity contribution < 1.29 is 4.79 Å². The number of aryl methyl sites for hydroxylation is 3. The maximum absolute atomic E-state index is 12.2. The van der Waals surface area contributed by atoms with Crippen LogP contribution in [-0.4, -0.2) is 5.78 Å². The van der Waals surface area contributed by atoms with Crippen LogP contribution in [0.4, 0.5) is 0 Å². The Bertz CT molecular complexity index is 579. The van der Waals surface area contributed by atoms with Crippen LogP contribution in [0.3, 0.4) is 0 Å². The summed E-state index contributed by atoms with van der Waals surface area (Å²) in [5.74, 6) is 0.197. The zero-order chi connectivity index (χ0) is 13.3. The summed E-state index contributed by atoms with van der Waals surface area (Å²) < 4.78 is 1.05. The van der Waals surface area contributed by atoms with Gasteiger partial charge in [-0.3, -0.25) is 4.79 Å². The van der Waals surface area contributed by atoms with E-state index in [0.717, 1.165) is 19.8 Å². The van der Waals surface area contributed by atoms with E-state index in [2.05, 4.69) is 48.0 Å². The first-order valence-corrected chi connectivity index (χ1v) is 7.43. The molecule has 2 aromatic rings. The zero-order valence-corrected chi connectivity index (χ0v) is 13.1. The highest BCUT2D eigenvalue weighted by Crippen LogP contribution is 2.28. The second kappa shape index (κ2) is 5.37. The fraction of sp³-hybridized carbons (Fsp3) is 0.267. The number of hydrogen-bond donors (Lipinski definition) is 0. The van der Waals surface area contributed by atoms with Gasteiger partial charge in [0.15, 0.2) is 5.78 Å². The third kappa shape index (κ3) is 2.90. The van der Waals surface area contributed by atoms with Crippen molar-refractivity contribution in [3.8, 4) is 0 Å². The molecular weight excluding hydrogens is 308 g/mol. The van der Waals surface area contributed by atoms with E-state index >= 15 is 0 Å². The smallest absolute Gasteiger partial charge is 0.177 e. The van der Waals surface area contributed by atoms with Crippen LogP contribution in [0.2, 0.25) is 0 Å². The molecule has 0 atom stereocenters. The Labute approximate surface area is 120 Å². The van der Waals surface area contributed by atoms with Gasteiger partial charge < -0.3 is 0 Å². The minimum absolute atomic E-state index is 0.197. The lowest BCUT2D eigenvalue weighted by Crippen LogP contribution is -2.03. The molecule has 0 radical (unpaired) electrons. The maximum atomic E-state index is 12.2. The van der Waals surface area contributed by atoms with Crippen LogP contribution >= 0.6 is 27.3 Å². The molecule has 18 heavy (non-hydrogen) atoms. The molecule has 0 spiro atoms. The number of rotatable bonds is 3. The minimum Gasteiger partial charge on any atom is -0.293 e. The van der Waals surface area contributed by atoms with Crippen molar-refractivity contribution in [2.75, 3.05) is 0 Å². The van der Waals surface area contributed by atoms with E-state index in [-0.39, 0.29) is 5.78 Å². The van der Waals surface area contributed by atoms with E-state index in [1.54, 1.807) is 0 Å².